The number of benzene rings is 1. The molecule has 0 saturated carbocycles. The fraction of sp³-hybridized carbons (Fsp3) is 0.353. The summed E-state index contributed by atoms with van der Waals surface area (Å²) in [6, 6.07) is 5.51. The van der Waals surface area contributed by atoms with E-state index in [0.717, 1.165) is 5.56 Å². The molecule has 126 valence electrons. The van der Waals surface area contributed by atoms with Crippen LogP contribution < -0.4 is 5.32 Å². The zero-order chi connectivity index (χ0) is 17.3. The summed E-state index contributed by atoms with van der Waals surface area (Å²) in [5.41, 5.74) is 1.34. The lowest BCUT2D eigenvalue weighted by atomic mass is 9.93. The van der Waals surface area contributed by atoms with Crippen molar-refractivity contribution in [3.63, 3.8) is 0 Å². The first-order valence-corrected chi connectivity index (χ1v) is 7.84. The van der Waals surface area contributed by atoms with E-state index in [2.05, 4.69) is 10.4 Å². The molecule has 2 heterocycles. The molecule has 1 N–H and O–H groups in total. The van der Waals surface area contributed by atoms with Crippen LogP contribution in [0.5, 0.6) is 0 Å². The number of aryl methyl sites for hydroxylation is 1. The van der Waals surface area contributed by atoms with Gasteiger partial charge in [0.05, 0.1) is 23.8 Å². The van der Waals surface area contributed by atoms with Gasteiger partial charge in [-0.3, -0.25) is 14.3 Å². The van der Waals surface area contributed by atoms with E-state index in [9.17, 15) is 14.0 Å². The minimum Gasteiger partial charge on any atom is -0.338 e. The van der Waals surface area contributed by atoms with Crippen molar-refractivity contribution < 1.29 is 14.0 Å². The molecule has 0 spiro atoms. The summed E-state index contributed by atoms with van der Waals surface area (Å²) in [4.78, 5) is 26.3. The van der Waals surface area contributed by atoms with E-state index >= 15 is 0 Å². The zero-order valence-electron chi connectivity index (χ0n) is 13.6. The second-order valence-corrected chi connectivity index (χ2v) is 5.89. The van der Waals surface area contributed by atoms with Gasteiger partial charge in [-0.2, -0.15) is 5.10 Å². The Labute approximate surface area is 139 Å². The summed E-state index contributed by atoms with van der Waals surface area (Å²) in [5, 5.41) is 6.93. The third-order valence-electron chi connectivity index (χ3n) is 4.36. The maximum absolute atomic E-state index is 13.2. The lowest BCUT2D eigenvalue weighted by Gasteiger charge is -2.24. The van der Waals surface area contributed by atoms with Gasteiger partial charge in [0.15, 0.2) is 0 Å². The Morgan fingerprint density at radius 1 is 1.38 bits per heavy atom. The van der Waals surface area contributed by atoms with E-state index in [1.165, 1.54) is 12.1 Å². The van der Waals surface area contributed by atoms with Crippen molar-refractivity contribution >= 4 is 17.5 Å². The highest BCUT2D eigenvalue weighted by atomic mass is 19.1. The highest BCUT2D eigenvalue weighted by Gasteiger charge is 2.42. The molecule has 2 atom stereocenters. The van der Waals surface area contributed by atoms with Gasteiger partial charge >= 0.3 is 0 Å². The molecular formula is C17H19FN4O2. The minimum absolute atomic E-state index is 0.103. The van der Waals surface area contributed by atoms with Crippen LogP contribution in [0.15, 0.2) is 36.7 Å². The van der Waals surface area contributed by atoms with Gasteiger partial charge in [0.1, 0.15) is 5.82 Å². The van der Waals surface area contributed by atoms with Crippen LogP contribution in [0.4, 0.5) is 10.1 Å². The van der Waals surface area contributed by atoms with E-state index < -0.39 is 12.0 Å². The zero-order valence-corrected chi connectivity index (χ0v) is 13.6. The predicted octanol–water partition coefficient (Wildman–Crippen LogP) is 2.20. The number of rotatable bonds is 4. The SMILES string of the molecule is CCn1cc(NC(=O)C2CC(=O)N(C)C2c2ccc(F)cc2)cn1. The lowest BCUT2D eigenvalue weighted by Crippen LogP contribution is -2.29. The molecule has 2 amide bonds. The molecule has 2 aromatic rings. The first kappa shape index (κ1) is 16.2. The molecule has 1 aliphatic heterocycles. The van der Waals surface area contributed by atoms with Gasteiger partial charge in [-0.05, 0) is 24.6 Å². The summed E-state index contributed by atoms with van der Waals surface area (Å²) in [6.07, 6.45) is 3.45. The molecule has 1 fully saturated rings. The summed E-state index contributed by atoms with van der Waals surface area (Å²) in [7, 11) is 1.67. The van der Waals surface area contributed by atoms with Crippen LogP contribution in [0, 0.1) is 11.7 Å². The molecule has 0 bridgehead atoms. The van der Waals surface area contributed by atoms with Crippen LogP contribution >= 0.6 is 0 Å². The Bertz CT molecular complexity index is 756. The Balaban J connectivity index is 1.82. The topological polar surface area (TPSA) is 67.2 Å². The van der Waals surface area contributed by atoms with Crippen molar-refractivity contribution in [3.05, 3.63) is 48.0 Å². The second-order valence-electron chi connectivity index (χ2n) is 5.89. The Hall–Kier alpha value is -2.70. The van der Waals surface area contributed by atoms with E-state index in [-0.39, 0.29) is 24.1 Å². The molecule has 1 aliphatic rings. The smallest absolute Gasteiger partial charge is 0.230 e. The minimum atomic E-state index is -0.530. The van der Waals surface area contributed by atoms with Gasteiger partial charge in [0.25, 0.3) is 0 Å². The maximum Gasteiger partial charge on any atom is 0.230 e. The number of aromatic nitrogens is 2. The number of nitrogens with one attached hydrogen (secondary N) is 1. The van der Waals surface area contributed by atoms with Gasteiger partial charge < -0.3 is 10.2 Å². The fourth-order valence-corrected chi connectivity index (χ4v) is 3.06. The summed E-state index contributed by atoms with van der Waals surface area (Å²) in [6.45, 7) is 2.66. The standard InChI is InChI=1S/C17H19FN4O2/c1-3-22-10-13(9-19-22)20-17(24)14-8-15(23)21(2)16(14)11-4-6-12(18)7-5-11/h4-7,9-10,14,16H,3,8H2,1-2H3,(H,20,24). The van der Waals surface area contributed by atoms with Gasteiger partial charge in [-0.1, -0.05) is 12.1 Å². The Kier molecular flexibility index (Phi) is 4.33. The monoisotopic (exact) mass is 330 g/mol. The summed E-state index contributed by atoms with van der Waals surface area (Å²) >= 11 is 0. The van der Waals surface area contributed by atoms with Crippen LogP contribution in [-0.4, -0.2) is 33.5 Å². The van der Waals surface area contributed by atoms with Crippen molar-refractivity contribution in [2.24, 2.45) is 5.92 Å². The van der Waals surface area contributed by atoms with Crippen LogP contribution in [-0.2, 0) is 16.1 Å². The molecule has 7 heteroatoms. The van der Waals surface area contributed by atoms with Gasteiger partial charge in [-0.15, -0.1) is 0 Å². The summed E-state index contributed by atoms with van der Waals surface area (Å²) in [5.74, 6) is -1.22. The van der Waals surface area contributed by atoms with E-state index in [1.807, 2.05) is 6.92 Å². The average Bonchev–Trinajstić information content (AvgIpc) is 3.14. The normalized spacial score (nSPS) is 20.5. The van der Waals surface area contributed by atoms with Crippen molar-refractivity contribution in [2.45, 2.75) is 25.9 Å². The van der Waals surface area contributed by atoms with Crippen molar-refractivity contribution in [3.8, 4) is 0 Å². The first-order chi connectivity index (χ1) is 11.5. The van der Waals surface area contributed by atoms with E-state index in [0.29, 0.717) is 12.2 Å². The molecule has 3 rings (SSSR count). The second kappa shape index (κ2) is 6.43. The molecule has 2 unspecified atom stereocenters. The molecule has 0 aliphatic carbocycles. The number of halogens is 1. The fourth-order valence-electron chi connectivity index (χ4n) is 3.06. The van der Waals surface area contributed by atoms with Crippen LogP contribution in [0.25, 0.3) is 0 Å². The maximum atomic E-state index is 13.2. The number of hydrogen-bond donors (Lipinski definition) is 1. The highest BCUT2D eigenvalue weighted by molar-refractivity contribution is 5.97. The number of carbonyl (C=O) groups is 2. The lowest BCUT2D eigenvalue weighted by molar-refractivity contribution is -0.127. The van der Waals surface area contributed by atoms with Crippen molar-refractivity contribution in [2.75, 3.05) is 12.4 Å². The number of carbonyl (C=O) groups excluding carboxylic acids is 2. The van der Waals surface area contributed by atoms with E-state index in [4.69, 9.17) is 0 Å². The number of nitrogens with zero attached hydrogens (tertiary/aromatic N) is 3. The molecule has 1 saturated heterocycles. The molecule has 6 nitrogen and oxygen atoms in total. The molecule has 0 radical (unpaired) electrons. The van der Waals surface area contributed by atoms with Crippen LogP contribution in [0.3, 0.4) is 0 Å². The Morgan fingerprint density at radius 2 is 2.08 bits per heavy atom. The van der Waals surface area contributed by atoms with Crippen molar-refractivity contribution in [1.82, 2.24) is 14.7 Å². The number of hydrogen-bond acceptors (Lipinski definition) is 3. The largest absolute Gasteiger partial charge is 0.338 e. The Morgan fingerprint density at radius 3 is 2.71 bits per heavy atom. The first-order valence-electron chi connectivity index (χ1n) is 7.84. The van der Waals surface area contributed by atoms with Gasteiger partial charge in [0.2, 0.25) is 11.8 Å². The third kappa shape index (κ3) is 3.02. The molecule has 1 aromatic carbocycles. The number of likely N-dealkylation sites (tertiary alicyclic amines) is 1. The van der Waals surface area contributed by atoms with Crippen molar-refractivity contribution in [1.29, 1.82) is 0 Å². The van der Waals surface area contributed by atoms with Crippen LogP contribution in [0.1, 0.15) is 24.9 Å². The highest BCUT2D eigenvalue weighted by Crippen LogP contribution is 2.37. The van der Waals surface area contributed by atoms with Crippen LogP contribution in [0.2, 0.25) is 0 Å². The number of anilines is 1. The molecule has 24 heavy (non-hydrogen) atoms. The predicted molar refractivity (Wildman–Crippen MR) is 86.5 cm³/mol. The summed E-state index contributed by atoms with van der Waals surface area (Å²) < 4.78 is 14.9. The quantitative estimate of drug-likeness (QED) is 0.934. The molecular weight excluding hydrogens is 311 g/mol. The number of amides is 2. The third-order valence-corrected chi connectivity index (χ3v) is 4.36. The average molecular weight is 330 g/mol. The van der Waals surface area contributed by atoms with Gasteiger partial charge in [-0.25, -0.2) is 4.39 Å². The van der Waals surface area contributed by atoms with E-state index in [1.54, 1.807) is 41.2 Å². The van der Waals surface area contributed by atoms with Gasteiger partial charge in [0, 0.05) is 26.2 Å². The molecule has 1 aromatic heterocycles.